The first-order chi connectivity index (χ1) is 12.2. The van der Waals surface area contributed by atoms with Crippen molar-refractivity contribution in [2.24, 2.45) is 0 Å². The number of thioether (sulfide) groups is 1. The molecule has 1 unspecified atom stereocenters. The number of ether oxygens (including phenoxy) is 1. The molecular formula is C19H28N4OS. The fraction of sp³-hybridized carbons (Fsp3) is 0.579. The van der Waals surface area contributed by atoms with Gasteiger partial charge in [-0.25, -0.2) is 0 Å². The van der Waals surface area contributed by atoms with E-state index < -0.39 is 0 Å². The molecule has 25 heavy (non-hydrogen) atoms. The van der Waals surface area contributed by atoms with Gasteiger partial charge in [0.2, 0.25) is 0 Å². The highest BCUT2D eigenvalue weighted by atomic mass is 32.2. The monoisotopic (exact) mass is 360 g/mol. The van der Waals surface area contributed by atoms with E-state index in [0.29, 0.717) is 6.10 Å². The molecule has 2 aromatic rings. The Morgan fingerprint density at radius 1 is 1.20 bits per heavy atom. The van der Waals surface area contributed by atoms with Gasteiger partial charge in [-0.3, -0.25) is 4.90 Å². The third-order valence-electron chi connectivity index (χ3n) is 4.68. The molecule has 1 atom stereocenters. The van der Waals surface area contributed by atoms with Crippen LogP contribution in [-0.2, 0) is 30.8 Å². The SMILES string of the molecule is CCc1ccc(CN(C)Cc2nnc(SC)n2CC2CCCO2)cc1. The molecule has 1 fully saturated rings. The summed E-state index contributed by atoms with van der Waals surface area (Å²) in [5.41, 5.74) is 2.71. The van der Waals surface area contributed by atoms with E-state index in [1.54, 1.807) is 11.8 Å². The lowest BCUT2D eigenvalue weighted by Crippen LogP contribution is -2.23. The lowest BCUT2D eigenvalue weighted by Gasteiger charge is -2.19. The number of nitrogens with zero attached hydrogens (tertiary/aromatic N) is 4. The van der Waals surface area contributed by atoms with Crippen LogP contribution in [0.3, 0.4) is 0 Å². The van der Waals surface area contributed by atoms with E-state index in [-0.39, 0.29) is 0 Å². The van der Waals surface area contributed by atoms with Crippen molar-refractivity contribution in [1.82, 2.24) is 19.7 Å². The van der Waals surface area contributed by atoms with Crippen molar-refractivity contribution in [2.45, 2.75) is 57.1 Å². The fourth-order valence-corrected chi connectivity index (χ4v) is 3.77. The second-order valence-corrected chi connectivity index (χ2v) is 7.46. The zero-order chi connectivity index (χ0) is 17.6. The average molecular weight is 361 g/mol. The van der Waals surface area contributed by atoms with E-state index in [1.807, 2.05) is 0 Å². The molecule has 6 heteroatoms. The van der Waals surface area contributed by atoms with Gasteiger partial charge in [-0.05, 0) is 43.7 Å². The number of hydrogen-bond acceptors (Lipinski definition) is 5. The molecule has 1 aliphatic heterocycles. The summed E-state index contributed by atoms with van der Waals surface area (Å²) in [6.45, 7) is 5.62. The Balaban J connectivity index is 1.65. The summed E-state index contributed by atoms with van der Waals surface area (Å²) in [4.78, 5) is 2.29. The molecule has 0 N–H and O–H groups in total. The second kappa shape index (κ2) is 8.83. The summed E-state index contributed by atoms with van der Waals surface area (Å²) in [7, 11) is 2.14. The molecule has 1 saturated heterocycles. The number of rotatable bonds is 8. The second-order valence-electron chi connectivity index (χ2n) is 6.69. The van der Waals surface area contributed by atoms with Gasteiger partial charge in [0.1, 0.15) is 5.82 Å². The largest absolute Gasteiger partial charge is 0.376 e. The summed E-state index contributed by atoms with van der Waals surface area (Å²) in [5.74, 6) is 1.02. The molecule has 136 valence electrons. The van der Waals surface area contributed by atoms with Crippen LogP contribution in [0.25, 0.3) is 0 Å². The minimum atomic E-state index is 0.299. The van der Waals surface area contributed by atoms with Gasteiger partial charge in [0.15, 0.2) is 5.16 Å². The molecule has 0 amide bonds. The van der Waals surface area contributed by atoms with E-state index in [1.165, 1.54) is 11.1 Å². The minimum absolute atomic E-state index is 0.299. The lowest BCUT2D eigenvalue weighted by atomic mass is 10.1. The molecule has 1 aromatic heterocycles. The Labute approximate surface area is 154 Å². The van der Waals surface area contributed by atoms with E-state index in [9.17, 15) is 0 Å². The smallest absolute Gasteiger partial charge is 0.191 e. The van der Waals surface area contributed by atoms with Gasteiger partial charge in [0.25, 0.3) is 0 Å². The molecule has 0 bridgehead atoms. The Hall–Kier alpha value is -1.37. The first-order valence-electron chi connectivity index (χ1n) is 9.03. The number of benzene rings is 1. The number of aromatic nitrogens is 3. The summed E-state index contributed by atoms with van der Waals surface area (Å²) in [5, 5.41) is 9.76. The van der Waals surface area contributed by atoms with Gasteiger partial charge in [-0.2, -0.15) is 0 Å². The Morgan fingerprint density at radius 2 is 1.96 bits per heavy atom. The highest BCUT2D eigenvalue weighted by Gasteiger charge is 2.21. The van der Waals surface area contributed by atoms with Crippen LogP contribution in [0.5, 0.6) is 0 Å². The summed E-state index contributed by atoms with van der Waals surface area (Å²) >= 11 is 1.65. The van der Waals surface area contributed by atoms with Crippen LogP contribution in [0.2, 0.25) is 0 Å². The van der Waals surface area contributed by atoms with Crippen molar-refractivity contribution in [3.05, 3.63) is 41.2 Å². The fourth-order valence-electron chi connectivity index (χ4n) is 3.25. The molecule has 0 aliphatic carbocycles. The minimum Gasteiger partial charge on any atom is -0.376 e. The van der Waals surface area contributed by atoms with Crippen LogP contribution in [-0.4, -0.2) is 45.7 Å². The van der Waals surface area contributed by atoms with Gasteiger partial charge in [0.05, 0.1) is 19.2 Å². The van der Waals surface area contributed by atoms with Crippen molar-refractivity contribution in [2.75, 3.05) is 19.9 Å². The molecule has 1 aromatic carbocycles. The normalized spacial score (nSPS) is 17.5. The van der Waals surface area contributed by atoms with Crippen molar-refractivity contribution in [3.8, 4) is 0 Å². The first-order valence-corrected chi connectivity index (χ1v) is 10.3. The van der Waals surface area contributed by atoms with Crippen molar-refractivity contribution in [1.29, 1.82) is 0 Å². The third-order valence-corrected chi connectivity index (χ3v) is 5.35. The van der Waals surface area contributed by atoms with E-state index in [2.05, 4.69) is 64.2 Å². The van der Waals surface area contributed by atoms with Crippen molar-refractivity contribution >= 4 is 11.8 Å². The molecule has 0 saturated carbocycles. The zero-order valence-electron chi connectivity index (χ0n) is 15.4. The predicted molar refractivity (Wildman–Crippen MR) is 102 cm³/mol. The van der Waals surface area contributed by atoms with Crippen LogP contribution in [0.15, 0.2) is 29.4 Å². The van der Waals surface area contributed by atoms with Crippen molar-refractivity contribution < 1.29 is 4.74 Å². The Morgan fingerprint density at radius 3 is 2.60 bits per heavy atom. The van der Waals surface area contributed by atoms with Crippen molar-refractivity contribution in [3.63, 3.8) is 0 Å². The van der Waals surface area contributed by atoms with Crippen LogP contribution in [0.4, 0.5) is 0 Å². The van der Waals surface area contributed by atoms with Crippen LogP contribution in [0, 0.1) is 0 Å². The van der Waals surface area contributed by atoms with Gasteiger partial charge >= 0.3 is 0 Å². The maximum atomic E-state index is 5.80. The molecule has 0 radical (unpaired) electrons. The van der Waals surface area contributed by atoms with Crippen LogP contribution < -0.4 is 0 Å². The molecular weight excluding hydrogens is 332 g/mol. The van der Waals surface area contributed by atoms with E-state index >= 15 is 0 Å². The third kappa shape index (κ3) is 4.84. The number of aryl methyl sites for hydroxylation is 1. The zero-order valence-corrected chi connectivity index (χ0v) is 16.3. The summed E-state index contributed by atoms with van der Waals surface area (Å²) in [6.07, 6.45) is 5.72. The van der Waals surface area contributed by atoms with Crippen LogP contribution >= 0.6 is 11.8 Å². The van der Waals surface area contributed by atoms with Gasteiger partial charge in [0, 0.05) is 13.2 Å². The summed E-state index contributed by atoms with van der Waals surface area (Å²) in [6, 6.07) is 8.88. The molecule has 2 heterocycles. The quantitative estimate of drug-likeness (QED) is 0.675. The van der Waals surface area contributed by atoms with Gasteiger partial charge < -0.3 is 9.30 Å². The standard InChI is InChI=1S/C19H28N4OS/c1-4-15-7-9-16(10-8-15)12-22(2)14-18-20-21-19(25-3)23(18)13-17-6-5-11-24-17/h7-10,17H,4-6,11-14H2,1-3H3. The van der Waals surface area contributed by atoms with Crippen LogP contribution in [0.1, 0.15) is 36.7 Å². The lowest BCUT2D eigenvalue weighted by molar-refractivity contribution is 0.0934. The van der Waals surface area contributed by atoms with E-state index in [0.717, 1.165) is 56.5 Å². The number of hydrogen-bond donors (Lipinski definition) is 0. The Bertz CT molecular complexity index is 665. The van der Waals surface area contributed by atoms with Gasteiger partial charge in [-0.1, -0.05) is 43.0 Å². The molecule has 0 spiro atoms. The average Bonchev–Trinajstić information content (AvgIpc) is 3.26. The summed E-state index contributed by atoms with van der Waals surface area (Å²) < 4.78 is 8.04. The van der Waals surface area contributed by atoms with E-state index in [4.69, 9.17) is 4.74 Å². The molecule has 1 aliphatic rings. The Kier molecular flexibility index (Phi) is 6.51. The maximum absolute atomic E-state index is 5.80. The highest BCUT2D eigenvalue weighted by molar-refractivity contribution is 7.98. The highest BCUT2D eigenvalue weighted by Crippen LogP contribution is 2.20. The predicted octanol–water partition coefficient (Wildman–Crippen LogP) is 3.37. The topological polar surface area (TPSA) is 43.2 Å². The first kappa shape index (κ1) is 18.4. The molecule has 3 rings (SSSR count). The molecule has 5 nitrogen and oxygen atoms in total. The van der Waals surface area contributed by atoms with Gasteiger partial charge in [-0.15, -0.1) is 10.2 Å². The maximum Gasteiger partial charge on any atom is 0.191 e.